The molecule has 2 rings (SSSR count). The van der Waals surface area contributed by atoms with E-state index in [2.05, 4.69) is 4.83 Å². The van der Waals surface area contributed by atoms with Gasteiger partial charge >= 0.3 is 0 Å². The van der Waals surface area contributed by atoms with Crippen molar-refractivity contribution in [3.63, 3.8) is 0 Å². The Hall–Kier alpha value is -1.75. The lowest BCUT2D eigenvalue weighted by Gasteiger charge is -2.12. The lowest BCUT2D eigenvalue weighted by Crippen LogP contribution is -2.24. The molecule has 0 aliphatic carbocycles. The lowest BCUT2D eigenvalue weighted by molar-refractivity contribution is 0.594. The Kier molecular flexibility index (Phi) is 2.93. The molecule has 0 fully saturated rings. The third-order valence-corrected chi connectivity index (χ3v) is 3.85. The Bertz CT molecular complexity index is 596. The maximum absolute atomic E-state index is 12.1. The Morgan fingerprint density at radius 1 is 0.941 bits per heavy atom. The maximum Gasteiger partial charge on any atom is 0.275 e. The number of aryl methyl sites for hydroxylation is 2. The highest BCUT2D eigenvalue weighted by molar-refractivity contribution is 7.92. The van der Waals surface area contributed by atoms with E-state index in [1.54, 1.807) is 35.0 Å². The molecule has 0 atom stereocenters. The molecule has 0 spiro atoms. The van der Waals surface area contributed by atoms with Gasteiger partial charge in [0.05, 0.1) is 4.90 Å². The topological polar surface area (TPSA) is 51.1 Å². The van der Waals surface area contributed by atoms with E-state index in [1.807, 2.05) is 26.0 Å². The van der Waals surface area contributed by atoms with Crippen molar-refractivity contribution in [2.24, 2.45) is 0 Å². The second-order valence-corrected chi connectivity index (χ2v) is 5.52. The van der Waals surface area contributed by atoms with Crippen LogP contribution in [0.15, 0.2) is 47.4 Å². The first kappa shape index (κ1) is 11.7. The van der Waals surface area contributed by atoms with Crippen LogP contribution < -0.4 is 4.83 Å². The number of sulfonamides is 1. The number of rotatable bonds is 3. The Labute approximate surface area is 101 Å². The average Bonchev–Trinajstić information content (AvgIpc) is 2.62. The first-order valence-electron chi connectivity index (χ1n) is 5.23. The molecular weight excluding hydrogens is 236 g/mol. The molecule has 2 aromatic rings. The third-order valence-electron chi connectivity index (χ3n) is 2.54. The van der Waals surface area contributed by atoms with Crippen molar-refractivity contribution in [3.8, 4) is 0 Å². The van der Waals surface area contributed by atoms with Gasteiger partial charge in [-0.1, -0.05) is 18.2 Å². The predicted molar refractivity (Wildman–Crippen MR) is 66.9 cm³/mol. The molecule has 1 heterocycles. The normalized spacial score (nSPS) is 11.4. The van der Waals surface area contributed by atoms with Gasteiger partial charge in [0.2, 0.25) is 0 Å². The molecule has 17 heavy (non-hydrogen) atoms. The number of hydrogen-bond donors (Lipinski definition) is 1. The van der Waals surface area contributed by atoms with Crippen molar-refractivity contribution in [2.45, 2.75) is 18.7 Å². The van der Waals surface area contributed by atoms with Crippen molar-refractivity contribution >= 4 is 10.0 Å². The highest BCUT2D eigenvalue weighted by atomic mass is 32.2. The summed E-state index contributed by atoms with van der Waals surface area (Å²) in [6.45, 7) is 3.70. The Morgan fingerprint density at radius 2 is 1.47 bits per heavy atom. The van der Waals surface area contributed by atoms with E-state index < -0.39 is 10.0 Å². The third kappa shape index (κ3) is 2.34. The van der Waals surface area contributed by atoms with Crippen LogP contribution in [0, 0.1) is 13.8 Å². The summed E-state index contributed by atoms with van der Waals surface area (Å²) in [7, 11) is -3.52. The molecule has 90 valence electrons. The smallest absolute Gasteiger partial charge is 0.256 e. The van der Waals surface area contributed by atoms with Crippen molar-refractivity contribution in [3.05, 3.63) is 53.9 Å². The first-order chi connectivity index (χ1) is 8.00. The van der Waals surface area contributed by atoms with Gasteiger partial charge in [0.15, 0.2) is 0 Å². The van der Waals surface area contributed by atoms with Crippen LogP contribution in [0.3, 0.4) is 0 Å². The Balaban J connectivity index is 2.37. The minimum atomic E-state index is -3.52. The fourth-order valence-electron chi connectivity index (χ4n) is 1.58. The van der Waals surface area contributed by atoms with Crippen molar-refractivity contribution < 1.29 is 8.42 Å². The summed E-state index contributed by atoms with van der Waals surface area (Å²) < 4.78 is 25.7. The SMILES string of the molecule is Cc1ccc(C)n1NS(=O)(=O)c1ccccc1. The minimum Gasteiger partial charge on any atom is -0.256 e. The van der Waals surface area contributed by atoms with Crippen molar-refractivity contribution in [1.82, 2.24) is 4.68 Å². The zero-order valence-corrected chi connectivity index (χ0v) is 10.5. The molecule has 0 amide bonds. The van der Waals surface area contributed by atoms with E-state index in [4.69, 9.17) is 0 Å². The van der Waals surface area contributed by atoms with E-state index in [1.165, 1.54) is 0 Å². The van der Waals surface area contributed by atoms with E-state index in [-0.39, 0.29) is 4.90 Å². The second kappa shape index (κ2) is 4.25. The predicted octanol–water partition coefficient (Wildman–Crippen LogP) is 2.04. The van der Waals surface area contributed by atoms with Crippen molar-refractivity contribution in [1.29, 1.82) is 0 Å². The monoisotopic (exact) mass is 250 g/mol. The molecule has 0 unspecified atom stereocenters. The van der Waals surface area contributed by atoms with Crippen molar-refractivity contribution in [2.75, 3.05) is 4.83 Å². The van der Waals surface area contributed by atoms with Gasteiger partial charge in [-0.2, -0.15) is 8.42 Å². The summed E-state index contributed by atoms with van der Waals surface area (Å²) in [6.07, 6.45) is 0. The van der Waals surface area contributed by atoms with E-state index >= 15 is 0 Å². The van der Waals surface area contributed by atoms with Gasteiger partial charge in [0.25, 0.3) is 10.0 Å². The number of nitrogens with one attached hydrogen (secondary N) is 1. The molecule has 0 aliphatic rings. The number of aromatic nitrogens is 1. The van der Waals surface area contributed by atoms with Crippen LogP contribution in [0.4, 0.5) is 0 Å². The highest BCUT2D eigenvalue weighted by Gasteiger charge is 2.14. The van der Waals surface area contributed by atoms with Gasteiger partial charge in [-0.3, -0.25) is 4.68 Å². The molecule has 4 nitrogen and oxygen atoms in total. The lowest BCUT2D eigenvalue weighted by atomic mass is 10.4. The number of benzene rings is 1. The summed E-state index contributed by atoms with van der Waals surface area (Å²) in [4.78, 5) is 2.80. The Morgan fingerprint density at radius 3 is 2.00 bits per heavy atom. The molecular formula is C12H14N2O2S. The largest absolute Gasteiger partial charge is 0.275 e. The fourth-order valence-corrected chi connectivity index (χ4v) is 2.73. The van der Waals surface area contributed by atoms with Crippen LogP contribution in [0.2, 0.25) is 0 Å². The fraction of sp³-hybridized carbons (Fsp3) is 0.167. The zero-order valence-electron chi connectivity index (χ0n) is 9.71. The number of nitrogens with zero attached hydrogens (tertiary/aromatic N) is 1. The van der Waals surface area contributed by atoms with E-state index in [9.17, 15) is 8.42 Å². The van der Waals surface area contributed by atoms with Gasteiger partial charge in [-0.15, -0.1) is 0 Å². The molecule has 1 N–H and O–H groups in total. The molecule has 0 bridgehead atoms. The van der Waals surface area contributed by atoms with E-state index in [0.29, 0.717) is 0 Å². The maximum atomic E-state index is 12.1. The number of hydrogen-bond acceptors (Lipinski definition) is 2. The summed E-state index contributed by atoms with van der Waals surface area (Å²) >= 11 is 0. The van der Waals surface area contributed by atoms with Crippen LogP contribution in [0.1, 0.15) is 11.4 Å². The van der Waals surface area contributed by atoms with Crippen LogP contribution in [0.25, 0.3) is 0 Å². The van der Waals surface area contributed by atoms with Gasteiger partial charge in [-0.05, 0) is 38.1 Å². The second-order valence-electron chi connectivity index (χ2n) is 3.86. The van der Waals surface area contributed by atoms with Crippen LogP contribution in [-0.4, -0.2) is 13.1 Å². The quantitative estimate of drug-likeness (QED) is 0.906. The summed E-state index contributed by atoms with van der Waals surface area (Å²) in [5, 5.41) is 0. The summed E-state index contributed by atoms with van der Waals surface area (Å²) in [5.74, 6) is 0. The van der Waals surface area contributed by atoms with Gasteiger partial charge in [-0.25, -0.2) is 4.83 Å². The molecule has 0 saturated heterocycles. The molecule has 1 aromatic carbocycles. The van der Waals surface area contributed by atoms with Gasteiger partial charge in [0, 0.05) is 11.4 Å². The molecule has 0 saturated carbocycles. The highest BCUT2D eigenvalue weighted by Crippen LogP contribution is 2.11. The van der Waals surface area contributed by atoms with Crippen LogP contribution >= 0.6 is 0 Å². The molecule has 1 aromatic heterocycles. The zero-order chi connectivity index (χ0) is 12.5. The first-order valence-corrected chi connectivity index (χ1v) is 6.72. The molecule has 5 heteroatoms. The molecule has 0 radical (unpaired) electrons. The van der Waals surface area contributed by atoms with Gasteiger partial charge in [0.1, 0.15) is 0 Å². The minimum absolute atomic E-state index is 0.257. The summed E-state index contributed by atoms with van der Waals surface area (Å²) in [5.41, 5.74) is 1.70. The van der Waals surface area contributed by atoms with Crippen LogP contribution in [0.5, 0.6) is 0 Å². The molecule has 0 aliphatic heterocycles. The average molecular weight is 250 g/mol. The summed E-state index contributed by atoms with van der Waals surface area (Å²) in [6, 6.07) is 12.0. The van der Waals surface area contributed by atoms with Crippen LogP contribution in [-0.2, 0) is 10.0 Å². The standard InChI is InChI=1S/C12H14N2O2S/c1-10-8-9-11(2)14(10)13-17(15,16)12-6-4-3-5-7-12/h3-9,13H,1-2H3. The van der Waals surface area contributed by atoms with Gasteiger partial charge < -0.3 is 0 Å². The van der Waals surface area contributed by atoms with E-state index in [0.717, 1.165) is 11.4 Å².